The summed E-state index contributed by atoms with van der Waals surface area (Å²) in [6, 6.07) is 27.5. The Morgan fingerprint density at radius 1 is 0.826 bits per heavy atom. The Kier molecular flexibility index (Phi) is 11.4. The lowest BCUT2D eigenvalue weighted by Crippen LogP contribution is -2.56. The number of hydrogen-bond acceptors (Lipinski definition) is 5. The number of sulfonamides is 1. The Morgan fingerprint density at radius 3 is 1.93 bits per heavy atom. The van der Waals surface area contributed by atoms with E-state index in [1.165, 1.54) is 36.3 Å². The average Bonchev–Trinajstić information content (AvgIpc) is 3.02. The molecule has 8 nitrogen and oxygen atoms in total. The number of rotatable bonds is 12. The van der Waals surface area contributed by atoms with Crippen LogP contribution in [-0.2, 0) is 32.6 Å². The summed E-state index contributed by atoms with van der Waals surface area (Å²) in [5.41, 5.74) is 0.910. The number of nitrogens with one attached hydrogen (secondary N) is 1. The van der Waals surface area contributed by atoms with Gasteiger partial charge in [-0.05, 0) is 74.9 Å². The second kappa shape index (κ2) is 15.0. The molecule has 0 aromatic heterocycles. The molecule has 1 atom stereocenters. The molecule has 0 radical (unpaired) electrons. The molecule has 0 aliphatic carbocycles. The maximum Gasteiger partial charge on any atom is 0.264 e. The molecule has 0 aliphatic heterocycles. The summed E-state index contributed by atoms with van der Waals surface area (Å²) in [6.45, 7) is 4.80. The molecule has 0 saturated carbocycles. The minimum atomic E-state index is -4.25. The first kappa shape index (κ1) is 34.8. The van der Waals surface area contributed by atoms with Gasteiger partial charge in [-0.3, -0.25) is 13.9 Å². The van der Waals surface area contributed by atoms with Crippen LogP contribution in [0.25, 0.3) is 0 Å². The van der Waals surface area contributed by atoms with Crippen LogP contribution in [0.4, 0.5) is 5.69 Å². The van der Waals surface area contributed by atoms with Crippen LogP contribution in [0.5, 0.6) is 5.75 Å². The zero-order valence-corrected chi connectivity index (χ0v) is 28.4. The lowest BCUT2D eigenvalue weighted by molar-refractivity contribution is -0.140. The highest BCUT2D eigenvalue weighted by Crippen LogP contribution is 2.29. The van der Waals surface area contributed by atoms with E-state index in [1.54, 1.807) is 48.5 Å². The number of halogens is 2. The molecular formula is C35H37Cl2N3O5S. The van der Waals surface area contributed by atoms with Gasteiger partial charge in [-0.25, -0.2) is 8.42 Å². The fourth-order valence-corrected chi connectivity index (χ4v) is 6.79. The SMILES string of the molecule is COc1ccc(S(=O)(=O)N(CC(=O)N(Cc2c(Cl)cccc2Cl)[C@H](Cc2ccccc2)C(=O)NC(C)(C)C)c2ccccc2)cc1. The highest BCUT2D eigenvalue weighted by molar-refractivity contribution is 7.92. The molecule has 4 rings (SSSR count). The molecule has 0 bridgehead atoms. The number of anilines is 1. The fraction of sp³-hybridized carbons (Fsp3) is 0.257. The van der Waals surface area contributed by atoms with Gasteiger partial charge in [0.05, 0.1) is 17.7 Å². The van der Waals surface area contributed by atoms with E-state index in [0.29, 0.717) is 21.4 Å². The molecule has 242 valence electrons. The number of carbonyl (C=O) groups excluding carboxylic acids is 2. The summed E-state index contributed by atoms with van der Waals surface area (Å²) in [4.78, 5) is 29.9. The second-order valence-electron chi connectivity index (χ2n) is 11.7. The number of para-hydroxylation sites is 1. The third kappa shape index (κ3) is 8.81. The Labute approximate surface area is 280 Å². The summed E-state index contributed by atoms with van der Waals surface area (Å²) in [5, 5.41) is 3.62. The predicted octanol–water partition coefficient (Wildman–Crippen LogP) is 6.75. The van der Waals surface area contributed by atoms with Crippen molar-refractivity contribution in [2.24, 2.45) is 0 Å². The molecule has 0 saturated heterocycles. The van der Waals surface area contributed by atoms with Gasteiger partial charge >= 0.3 is 0 Å². The van der Waals surface area contributed by atoms with Crippen LogP contribution in [-0.4, -0.2) is 50.4 Å². The molecule has 11 heteroatoms. The Morgan fingerprint density at radius 2 is 1.39 bits per heavy atom. The van der Waals surface area contributed by atoms with Gasteiger partial charge in [-0.1, -0.05) is 77.8 Å². The number of hydrogen-bond donors (Lipinski definition) is 1. The first-order valence-electron chi connectivity index (χ1n) is 14.6. The van der Waals surface area contributed by atoms with Crippen LogP contribution in [0.15, 0.2) is 108 Å². The summed E-state index contributed by atoms with van der Waals surface area (Å²) >= 11 is 13.1. The summed E-state index contributed by atoms with van der Waals surface area (Å²) < 4.78 is 34.5. The summed E-state index contributed by atoms with van der Waals surface area (Å²) in [5.74, 6) is -0.545. The quantitative estimate of drug-likeness (QED) is 0.178. The van der Waals surface area contributed by atoms with E-state index in [2.05, 4.69) is 5.32 Å². The molecule has 4 aromatic carbocycles. The van der Waals surface area contributed by atoms with Crippen molar-refractivity contribution < 1.29 is 22.7 Å². The Balaban J connectivity index is 1.83. The van der Waals surface area contributed by atoms with Gasteiger partial charge < -0.3 is 15.0 Å². The number of nitrogens with zero attached hydrogens (tertiary/aromatic N) is 2. The van der Waals surface area contributed by atoms with E-state index in [1.807, 2.05) is 51.1 Å². The largest absolute Gasteiger partial charge is 0.497 e. The van der Waals surface area contributed by atoms with E-state index < -0.39 is 40.0 Å². The van der Waals surface area contributed by atoms with Gasteiger partial charge in [-0.2, -0.15) is 0 Å². The van der Waals surface area contributed by atoms with Crippen molar-refractivity contribution >= 4 is 50.7 Å². The van der Waals surface area contributed by atoms with Gasteiger partial charge in [0, 0.05) is 34.1 Å². The van der Waals surface area contributed by atoms with Crippen molar-refractivity contribution in [2.45, 2.75) is 50.2 Å². The molecule has 0 aliphatic rings. The van der Waals surface area contributed by atoms with E-state index in [-0.39, 0.29) is 23.5 Å². The standard InChI is InChI=1S/C35H37Cl2N3O5S/c1-35(2,3)38-34(42)32(22-25-12-7-5-8-13-25)39(23-29-30(36)16-11-17-31(29)37)33(41)24-40(26-14-9-6-10-15-26)46(43,44)28-20-18-27(45-4)19-21-28/h5-21,32H,22-24H2,1-4H3,(H,38,42)/t32-/m1/s1. The molecule has 0 heterocycles. The monoisotopic (exact) mass is 681 g/mol. The van der Waals surface area contributed by atoms with E-state index >= 15 is 0 Å². The van der Waals surface area contributed by atoms with Gasteiger partial charge in [-0.15, -0.1) is 0 Å². The van der Waals surface area contributed by atoms with Gasteiger partial charge in [0.15, 0.2) is 0 Å². The lowest BCUT2D eigenvalue weighted by atomic mass is 10.0. The normalized spacial score (nSPS) is 12.2. The van der Waals surface area contributed by atoms with Crippen LogP contribution >= 0.6 is 23.2 Å². The van der Waals surface area contributed by atoms with Crippen LogP contribution in [0.2, 0.25) is 10.0 Å². The van der Waals surface area contributed by atoms with E-state index in [0.717, 1.165) is 9.87 Å². The number of amides is 2. The summed E-state index contributed by atoms with van der Waals surface area (Å²) in [7, 11) is -2.77. The van der Waals surface area contributed by atoms with Crippen molar-refractivity contribution in [2.75, 3.05) is 18.0 Å². The van der Waals surface area contributed by atoms with Crippen molar-refractivity contribution in [3.8, 4) is 5.75 Å². The number of ether oxygens (including phenoxy) is 1. The van der Waals surface area contributed by atoms with Crippen molar-refractivity contribution in [1.82, 2.24) is 10.2 Å². The smallest absolute Gasteiger partial charge is 0.264 e. The minimum absolute atomic E-state index is 0.0306. The zero-order chi connectivity index (χ0) is 33.5. The fourth-order valence-electron chi connectivity index (χ4n) is 4.86. The third-order valence-corrected chi connectivity index (χ3v) is 9.63. The predicted molar refractivity (Wildman–Crippen MR) is 183 cm³/mol. The third-order valence-electron chi connectivity index (χ3n) is 7.13. The highest BCUT2D eigenvalue weighted by atomic mass is 35.5. The maximum atomic E-state index is 14.6. The van der Waals surface area contributed by atoms with Gasteiger partial charge in [0.1, 0.15) is 18.3 Å². The molecule has 0 fully saturated rings. The number of benzene rings is 4. The minimum Gasteiger partial charge on any atom is -0.497 e. The van der Waals surface area contributed by atoms with E-state index in [9.17, 15) is 18.0 Å². The van der Waals surface area contributed by atoms with Crippen LogP contribution in [0.1, 0.15) is 31.9 Å². The van der Waals surface area contributed by atoms with Crippen LogP contribution in [0.3, 0.4) is 0 Å². The van der Waals surface area contributed by atoms with Crippen LogP contribution in [0, 0.1) is 0 Å². The zero-order valence-electron chi connectivity index (χ0n) is 26.1. The molecule has 2 amide bonds. The molecule has 1 N–H and O–H groups in total. The van der Waals surface area contributed by atoms with E-state index in [4.69, 9.17) is 27.9 Å². The molecule has 4 aromatic rings. The molecule has 0 spiro atoms. The number of carbonyl (C=O) groups is 2. The van der Waals surface area contributed by atoms with Gasteiger partial charge in [0.2, 0.25) is 11.8 Å². The topological polar surface area (TPSA) is 96.0 Å². The van der Waals surface area contributed by atoms with Crippen molar-refractivity contribution in [3.05, 3.63) is 124 Å². The number of methoxy groups -OCH3 is 1. The van der Waals surface area contributed by atoms with Crippen molar-refractivity contribution in [3.63, 3.8) is 0 Å². The lowest BCUT2D eigenvalue weighted by Gasteiger charge is -2.35. The highest BCUT2D eigenvalue weighted by Gasteiger charge is 2.36. The molecule has 46 heavy (non-hydrogen) atoms. The first-order valence-corrected chi connectivity index (χ1v) is 16.8. The van der Waals surface area contributed by atoms with Crippen molar-refractivity contribution in [1.29, 1.82) is 0 Å². The second-order valence-corrected chi connectivity index (χ2v) is 14.4. The maximum absolute atomic E-state index is 14.6. The van der Waals surface area contributed by atoms with Gasteiger partial charge in [0.25, 0.3) is 10.0 Å². The Hall–Kier alpha value is -4.05. The molecule has 0 unspecified atom stereocenters. The molecular weight excluding hydrogens is 645 g/mol. The summed E-state index contributed by atoms with van der Waals surface area (Å²) in [6.07, 6.45) is 0.160. The first-order chi connectivity index (χ1) is 21.8. The Bertz CT molecular complexity index is 1730. The van der Waals surface area contributed by atoms with Crippen LogP contribution < -0.4 is 14.4 Å². The average molecular weight is 683 g/mol.